The molecule has 0 radical (unpaired) electrons. The van der Waals surface area contributed by atoms with E-state index in [-0.39, 0.29) is 35.2 Å². The van der Waals surface area contributed by atoms with Gasteiger partial charge in [0.2, 0.25) is 5.91 Å². The molecule has 0 rings (SSSR count). The van der Waals surface area contributed by atoms with Crippen LogP contribution >= 0.6 is 0 Å². The molecule has 0 aromatic carbocycles. The number of carbonyl (C=O) groups is 3. The van der Waals surface area contributed by atoms with Gasteiger partial charge in [0.15, 0.2) is 5.78 Å². The predicted octanol–water partition coefficient (Wildman–Crippen LogP) is 3.14. The molecule has 0 aliphatic heterocycles. The second-order valence-electron chi connectivity index (χ2n) is 6.67. The Hall–Kier alpha value is -1.19. The van der Waals surface area contributed by atoms with Crippen LogP contribution < -0.4 is 5.32 Å². The van der Waals surface area contributed by atoms with Gasteiger partial charge in [0.05, 0.1) is 6.04 Å². The van der Waals surface area contributed by atoms with Crippen LogP contribution in [0.1, 0.15) is 67.2 Å². The van der Waals surface area contributed by atoms with Crippen molar-refractivity contribution in [2.45, 2.75) is 73.3 Å². The van der Waals surface area contributed by atoms with Crippen LogP contribution in [0.15, 0.2) is 0 Å². The first-order valence-electron chi connectivity index (χ1n) is 8.02. The first-order valence-corrected chi connectivity index (χ1v) is 8.02. The first-order chi connectivity index (χ1) is 9.66. The van der Waals surface area contributed by atoms with Crippen molar-refractivity contribution >= 4 is 17.5 Å². The molecule has 0 bridgehead atoms. The van der Waals surface area contributed by atoms with Crippen LogP contribution in [0.5, 0.6) is 0 Å². The van der Waals surface area contributed by atoms with E-state index in [2.05, 4.69) is 5.32 Å². The van der Waals surface area contributed by atoms with Crippen LogP contribution in [-0.4, -0.2) is 23.5 Å². The molecule has 0 saturated carbocycles. The Balaban J connectivity index is 4.16. The first kappa shape index (κ1) is 19.8. The molecule has 1 amide bonds. The zero-order valence-corrected chi connectivity index (χ0v) is 14.4. The summed E-state index contributed by atoms with van der Waals surface area (Å²) in [7, 11) is 0. The van der Waals surface area contributed by atoms with Crippen LogP contribution in [0.3, 0.4) is 0 Å². The molecule has 0 saturated heterocycles. The molecule has 4 heteroatoms. The third-order valence-electron chi connectivity index (χ3n) is 3.58. The summed E-state index contributed by atoms with van der Waals surface area (Å²) in [6.07, 6.45) is 2.32. The lowest BCUT2D eigenvalue weighted by atomic mass is 9.93. The van der Waals surface area contributed by atoms with Gasteiger partial charge in [0, 0.05) is 24.7 Å². The highest BCUT2D eigenvalue weighted by atomic mass is 16.2. The highest BCUT2D eigenvalue weighted by molar-refractivity contribution is 5.90. The summed E-state index contributed by atoms with van der Waals surface area (Å²) in [5, 5.41) is 2.84. The largest absolute Gasteiger partial charge is 0.346 e. The number of amides is 1. The normalized spacial score (nSPS) is 12.8. The molecule has 0 aromatic heterocycles. The molecule has 1 N–H and O–H groups in total. The zero-order chi connectivity index (χ0) is 16.6. The van der Waals surface area contributed by atoms with Crippen molar-refractivity contribution in [2.24, 2.45) is 17.8 Å². The SMILES string of the molecule is CC(C)C(=O)CCCCC(=O)N[C@H](C(=O)C(C)C)C(C)C. The fraction of sp³-hybridized carbons (Fsp3) is 0.824. The van der Waals surface area contributed by atoms with E-state index in [0.29, 0.717) is 19.3 Å². The molecular formula is C17H31NO3. The molecule has 122 valence electrons. The molecule has 0 fully saturated rings. The standard InChI is InChI=1S/C17H31NO3/c1-11(2)14(19)9-7-8-10-15(20)18-16(12(3)4)17(21)13(5)6/h11-13,16H,7-10H2,1-6H3,(H,18,20)/t16-/m0/s1. The molecule has 0 unspecified atom stereocenters. The lowest BCUT2D eigenvalue weighted by Crippen LogP contribution is -2.46. The van der Waals surface area contributed by atoms with Crippen molar-refractivity contribution in [2.75, 3.05) is 0 Å². The van der Waals surface area contributed by atoms with Crippen molar-refractivity contribution in [3.05, 3.63) is 0 Å². The van der Waals surface area contributed by atoms with Crippen molar-refractivity contribution in [3.63, 3.8) is 0 Å². The van der Waals surface area contributed by atoms with Gasteiger partial charge in [-0.2, -0.15) is 0 Å². The van der Waals surface area contributed by atoms with Crippen LogP contribution in [0.4, 0.5) is 0 Å². The van der Waals surface area contributed by atoms with E-state index in [0.717, 1.165) is 6.42 Å². The van der Waals surface area contributed by atoms with Crippen molar-refractivity contribution in [1.29, 1.82) is 0 Å². The number of unbranched alkanes of at least 4 members (excludes halogenated alkanes) is 1. The van der Waals surface area contributed by atoms with E-state index in [1.54, 1.807) is 0 Å². The lowest BCUT2D eigenvalue weighted by Gasteiger charge is -2.23. The van der Waals surface area contributed by atoms with Crippen molar-refractivity contribution in [3.8, 4) is 0 Å². The van der Waals surface area contributed by atoms with Gasteiger partial charge in [-0.25, -0.2) is 0 Å². The molecule has 0 aliphatic carbocycles. The quantitative estimate of drug-likeness (QED) is 0.630. The van der Waals surface area contributed by atoms with Gasteiger partial charge in [-0.15, -0.1) is 0 Å². The third-order valence-corrected chi connectivity index (χ3v) is 3.58. The summed E-state index contributed by atoms with van der Waals surface area (Å²) < 4.78 is 0. The van der Waals surface area contributed by atoms with E-state index >= 15 is 0 Å². The highest BCUT2D eigenvalue weighted by Gasteiger charge is 2.25. The van der Waals surface area contributed by atoms with E-state index in [1.807, 2.05) is 41.5 Å². The summed E-state index contributed by atoms with van der Waals surface area (Å²) in [6, 6.07) is -0.408. The Kier molecular flexibility index (Phi) is 9.14. The Morgan fingerprint density at radius 2 is 1.33 bits per heavy atom. The molecule has 0 spiro atoms. The summed E-state index contributed by atoms with van der Waals surface area (Å²) in [4.78, 5) is 35.4. The second kappa shape index (κ2) is 9.69. The number of Topliss-reactive ketones (excluding diaryl/α,β-unsaturated/α-hetero) is 2. The minimum absolute atomic E-state index is 0.0628. The fourth-order valence-electron chi connectivity index (χ4n) is 2.04. The average molecular weight is 297 g/mol. The monoisotopic (exact) mass is 297 g/mol. The molecular weight excluding hydrogens is 266 g/mol. The molecule has 4 nitrogen and oxygen atoms in total. The van der Waals surface area contributed by atoms with Gasteiger partial charge in [-0.3, -0.25) is 14.4 Å². The second-order valence-corrected chi connectivity index (χ2v) is 6.67. The van der Waals surface area contributed by atoms with Crippen LogP contribution in [-0.2, 0) is 14.4 Å². The van der Waals surface area contributed by atoms with Gasteiger partial charge >= 0.3 is 0 Å². The summed E-state index contributed by atoms with van der Waals surface area (Å²) in [5.41, 5.74) is 0. The van der Waals surface area contributed by atoms with Gasteiger partial charge < -0.3 is 5.32 Å². The van der Waals surface area contributed by atoms with Crippen LogP contribution in [0, 0.1) is 17.8 Å². The Morgan fingerprint density at radius 1 is 0.810 bits per heavy atom. The minimum atomic E-state index is -0.408. The predicted molar refractivity (Wildman–Crippen MR) is 84.9 cm³/mol. The molecule has 21 heavy (non-hydrogen) atoms. The van der Waals surface area contributed by atoms with E-state index in [1.165, 1.54) is 0 Å². The highest BCUT2D eigenvalue weighted by Crippen LogP contribution is 2.11. The maximum Gasteiger partial charge on any atom is 0.220 e. The molecule has 0 aromatic rings. The maximum atomic E-state index is 12.1. The van der Waals surface area contributed by atoms with Gasteiger partial charge in [-0.05, 0) is 18.8 Å². The summed E-state index contributed by atoms with van der Waals surface area (Å²) in [6.45, 7) is 11.3. The summed E-state index contributed by atoms with van der Waals surface area (Å²) in [5.74, 6) is 0.291. The zero-order valence-electron chi connectivity index (χ0n) is 14.4. The van der Waals surface area contributed by atoms with Crippen LogP contribution in [0.25, 0.3) is 0 Å². The Bertz CT molecular complexity index is 359. The number of hydrogen-bond acceptors (Lipinski definition) is 3. The number of ketones is 2. The lowest BCUT2D eigenvalue weighted by molar-refractivity contribution is -0.130. The third kappa shape index (κ3) is 7.98. The molecule has 1 atom stereocenters. The van der Waals surface area contributed by atoms with Gasteiger partial charge in [-0.1, -0.05) is 41.5 Å². The van der Waals surface area contributed by atoms with E-state index < -0.39 is 6.04 Å². The summed E-state index contributed by atoms with van der Waals surface area (Å²) >= 11 is 0. The number of carbonyl (C=O) groups excluding carboxylic acids is 3. The van der Waals surface area contributed by atoms with Crippen molar-refractivity contribution < 1.29 is 14.4 Å². The topological polar surface area (TPSA) is 63.2 Å². The Morgan fingerprint density at radius 3 is 1.76 bits per heavy atom. The van der Waals surface area contributed by atoms with E-state index in [9.17, 15) is 14.4 Å². The smallest absolute Gasteiger partial charge is 0.220 e. The van der Waals surface area contributed by atoms with Gasteiger partial charge in [0.25, 0.3) is 0 Å². The van der Waals surface area contributed by atoms with Crippen LogP contribution in [0.2, 0.25) is 0 Å². The minimum Gasteiger partial charge on any atom is -0.346 e. The Labute approximate surface area is 129 Å². The molecule has 0 heterocycles. The van der Waals surface area contributed by atoms with E-state index in [4.69, 9.17) is 0 Å². The van der Waals surface area contributed by atoms with Crippen molar-refractivity contribution in [1.82, 2.24) is 5.32 Å². The maximum absolute atomic E-state index is 12.1. The molecule has 0 aliphatic rings. The average Bonchev–Trinajstić information content (AvgIpc) is 2.39. The fourth-order valence-corrected chi connectivity index (χ4v) is 2.04. The number of rotatable bonds is 10. The van der Waals surface area contributed by atoms with Gasteiger partial charge in [0.1, 0.15) is 5.78 Å². The number of nitrogens with one attached hydrogen (secondary N) is 1. The number of hydrogen-bond donors (Lipinski definition) is 1.